The zero-order valence-corrected chi connectivity index (χ0v) is 14.9. The number of alkyl halides is 3. The molecule has 0 bridgehead atoms. The maximum absolute atomic E-state index is 13.4. The molecule has 2 N–H and O–H groups in total. The quantitative estimate of drug-likeness (QED) is 0.586. The van der Waals surface area contributed by atoms with Gasteiger partial charge in [0.15, 0.2) is 5.69 Å². The number of carbonyl (C=O) groups excluding carboxylic acids is 1. The van der Waals surface area contributed by atoms with Crippen LogP contribution in [-0.2, 0) is 12.7 Å². The summed E-state index contributed by atoms with van der Waals surface area (Å²) in [5.41, 5.74) is -2.13. The van der Waals surface area contributed by atoms with Crippen molar-refractivity contribution in [3.05, 3.63) is 82.9 Å². The molecule has 30 heavy (non-hydrogen) atoms. The van der Waals surface area contributed by atoms with Crippen LogP contribution in [0.4, 0.5) is 38.0 Å². The van der Waals surface area contributed by atoms with E-state index in [1.807, 2.05) is 0 Å². The van der Waals surface area contributed by atoms with Crippen LogP contribution in [0.5, 0.6) is 0 Å². The Balaban J connectivity index is 1.83. The van der Waals surface area contributed by atoms with Crippen molar-refractivity contribution in [2.45, 2.75) is 12.7 Å². The molecule has 2 aromatic carbocycles. The van der Waals surface area contributed by atoms with Gasteiger partial charge in [-0.25, -0.2) is 23.1 Å². The molecule has 0 spiro atoms. The summed E-state index contributed by atoms with van der Waals surface area (Å²) in [4.78, 5) is 19.1. The molecule has 1 amide bonds. The molecule has 0 aliphatic heterocycles. The van der Waals surface area contributed by atoms with Gasteiger partial charge in [-0.3, -0.25) is 4.79 Å². The predicted molar refractivity (Wildman–Crippen MR) is 94.2 cm³/mol. The van der Waals surface area contributed by atoms with Crippen LogP contribution in [0.15, 0.2) is 48.7 Å². The summed E-state index contributed by atoms with van der Waals surface area (Å²) in [6.07, 6.45) is -4.36. The van der Waals surface area contributed by atoms with Gasteiger partial charge >= 0.3 is 6.18 Å². The van der Waals surface area contributed by atoms with Crippen LogP contribution < -0.4 is 10.6 Å². The fraction of sp³-hybridized carbons (Fsp3) is 0.105. The molecule has 0 aliphatic rings. The van der Waals surface area contributed by atoms with E-state index in [1.54, 1.807) is 0 Å². The number of halogens is 6. The number of anilines is 2. The Morgan fingerprint density at radius 3 is 2.17 bits per heavy atom. The fourth-order valence-electron chi connectivity index (χ4n) is 2.46. The average molecular weight is 426 g/mol. The van der Waals surface area contributed by atoms with Crippen LogP contribution >= 0.6 is 0 Å². The van der Waals surface area contributed by atoms with E-state index in [9.17, 15) is 31.1 Å². The van der Waals surface area contributed by atoms with Gasteiger partial charge in [0.25, 0.3) is 5.91 Å². The van der Waals surface area contributed by atoms with Gasteiger partial charge in [0, 0.05) is 24.5 Å². The summed E-state index contributed by atoms with van der Waals surface area (Å²) in [6.45, 7) is -0.154. The van der Waals surface area contributed by atoms with Crippen LogP contribution in [0.25, 0.3) is 0 Å². The van der Waals surface area contributed by atoms with Crippen molar-refractivity contribution in [2.75, 3.05) is 5.32 Å². The second-order valence-corrected chi connectivity index (χ2v) is 6.05. The number of benzene rings is 2. The highest BCUT2D eigenvalue weighted by atomic mass is 19.4. The van der Waals surface area contributed by atoms with E-state index in [2.05, 4.69) is 20.6 Å². The lowest BCUT2D eigenvalue weighted by Crippen LogP contribution is -2.27. The Kier molecular flexibility index (Phi) is 5.90. The van der Waals surface area contributed by atoms with Crippen molar-refractivity contribution in [1.29, 1.82) is 0 Å². The number of rotatable bonds is 5. The minimum Gasteiger partial charge on any atom is -0.348 e. The first-order chi connectivity index (χ1) is 14.1. The minimum absolute atomic E-state index is 0.154. The second-order valence-electron chi connectivity index (χ2n) is 6.05. The molecule has 0 atom stereocenters. The first-order valence-corrected chi connectivity index (χ1v) is 8.32. The van der Waals surface area contributed by atoms with Gasteiger partial charge in [0.05, 0.1) is 5.56 Å². The van der Waals surface area contributed by atoms with Gasteiger partial charge in [-0.15, -0.1) is 0 Å². The average Bonchev–Trinajstić information content (AvgIpc) is 2.66. The van der Waals surface area contributed by atoms with E-state index >= 15 is 0 Å². The van der Waals surface area contributed by atoms with Crippen molar-refractivity contribution in [1.82, 2.24) is 15.3 Å². The molecule has 1 aromatic heterocycles. The highest BCUT2D eigenvalue weighted by Crippen LogP contribution is 2.31. The van der Waals surface area contributed by atoms with Crippen LogP contribution in [-0.4, -0.2) is 15.9 Å². The normalized spacial score (nSPS) is 11.3. The van der Waals surface area contributed by atoms with Crippen LogP contribution in [0.1, 0.15) is 21.6 Å². The van der Waals surface area contributed by atoms with Crippen molar-refractivity contribution >= 4 is 17.5 Å². The third kappa shape index (κ3) is 5.25. The molecular weight excluding hydrogens is 414 g/mol. The van der Waals surface area contributed by atoms with Gasteiger partial charge in [-0.05, 0) is 29.8 Å². The molecule has 1 heterocycles. The summed E-state index contributed by atoms with van der Waals surface area (Å²) >= 11 is 0. The van der Waals surface area contributed by atoms with E-state index < -0.39 is 46.7 Å². The van der Waals surface area contributed by atoms with Crippen molar-refractivity contribution in [3.63, 3.8) is 0 Å². The Labute approximate surface area is 165 Å². The second kappa shape index (κ2) is 8.39. The van der Waals surface area contributed by atoms with Crippen molar-refractivity contribution < 1.29 is 31.1 Å². The predicted octanol–water partition coefficient (Wildman–Crippen LogP) is 4.59. The highest BCUT2D eigenvalue weighted by molar-refractivity contribution is 5.95. The van der Waals surface area contributed by atoms with E-state index in [0.717, 1.165) is 24.3 Å². The highest BCUT2D eigenvalue weighted by Gasteiger charge is 2.38. The fourth-order valence-corrected chi connectivity index (χ4v) is 2.46. The number of nitrogens with one attached hydrogen (secondary N) is 2. The molecule has 156 valence electrons. The molecule has 5 nitrogen and oxygen atoms in total. The lowest BCUT2D eigenvalue weighted by atomic mass is 10.2. The molecular formula is C19H12F6N4O. The summed E-state index contributed by atoms with van der Waals surface area (Å²) in [5, 5.41) is 4.53. The molecule has 0 aliphatic carbocycles. The van der Waals surface area contributed by atoms with Crippen molar-refractivity contribution in [3.8, 4) is 0 Å². The third-order valence-electron chi connectivity index (χ3n) is 3.79. The van der Waals surface area contributed by atoms with E-state index in [0.29, 0.717) is 17.8 Å². The largest absolute Gasteiger partial charge is 0.434 e. The molecule has 11 heteroatoms. The Morgan fingerprint density at radius 1 is 0.933 bits per heavy atom. The zero-order chi connectivity index (χ0) is 21.9. The summed E-state index contributed by atoms with van der Waals surface area (Å²) < 4.78 is 79.6. The van der Waals surface area contributed by atoms with Crippen molar-refractivity contribution in [2.24, 2.45) is 0 Å². The van der Waals surface area contributed by atoms with E-state index in [4.69, 9.17) is 0 Å². The number of carbonyl (C=O) groups is 1. The lowest BCUT2D eigenvalue weighted by Gasteiger charge is -2.14. The SMILES string of the molecule is O=C(NCc1ccc(F)cc1)c1cnc(Nc2cc(F)cc(F)c2)nc1C(F)(F)F. The number of nitrogens with zero attached hydrogens (tertiary/aromatic N) is 2. The smallest absolute Gasteiger partial charge is 0.348 e. The third-order valence-corrected chi connectivity index (χ3v) is 3.79. The monoisotopic (exact) mass is 426 g/mol. The van der Waals surface area contributed by atoms with Gasteiger partial charge < -0.3 is 10.6 Å². The van der Waals surface area contributed by atoms with Gasteiger partial charge in [0.2, 0.25) is 5.95 Å². The molecule has 0 saturated heterocycles. The molecule has 0 fully saturated rings. The Morgan fingerprint density at radius 2 is 1.57 bits per heavy atom. The first kappa shape index (κ1) is 21.1. The van der Waals surface area contributed by atoms with Gasteiger partial charge in [-0.1, -0.05) is 12.1 Å². The van der Waals surface area contributed by atoms with Crippen LogP contribution in [0.3, 0.4) is 0 Å². The number of hydrogen-bond acceptors (Lipinski definition) is 4. The molecule has 0 radical (unpaired) electrons. The van der Waals surface area contributed by atoms with E-state index in [-0.39, 0.29) is 12.2 Å². The molecule has 3 aromatic rings. The molecule has 0 saturated carbocycles. The number of aromatic nitrogens is 2. The summed E-state index contributed by atoms with van der Waals surface area (Å²) in [6, 6.07) is 7.26. The Hall–Kier alpha value is -3.63. The lowest BCUT2D eigenvalue weighted by molar-refractivity contribution is -0.141. The maximum Gasteiger partial charge on any atom is 0.434 e. The van der Waals surface area contributed by atoms with E-state index in [1.165, 1.54) is 12.1 Å². The molecule has 3 rings (SSSR count). The number of amides is 1. The topological polar surface area (TPSA) is 66.9 Å². The first-order valence-electron chi connectivity index (χ1n) is 8.32. The zero-order valence-electron chi connectivity index (χ0n) is 14.9. The van der Waals surface area contributed by atoms with Crippen LogP contribution in [0, 0.1) is 17.5 Å². The Bertz CT molecular complexity index is 1050. The van der Waals surface area contributed by atoms with Gasteiger partial charge in [0.1, 0.15) is 17.5 Å². The van der Waals surface area contributed by atoms with Crippen LogP contribution in [0.2, 0.25) is 0 Å². The standard InChI is InChI=1S/C19H12F6N4O/c20-11-3-1-10(2-4-11)8-26-17(30)15-9-27-18(29-16(15)19(23,24)25)28-14-6-12(21)5-13(22)7-14/h1-7,9H,8H2,(H,26,30)(H,27,28,29). The minimum atomic E-state index is -5.00. The molecule has 0 unspecified atom stereocenters. The summed E-state index contributed by atoms with van der Waals surface area (Å²) in [5.74, 6) is -4.12. The maximum atomic E-state index is 13.4. The summed E-state index contributed by atoms with van der Waals surface area (Å²) in [7, 11) is 0. The number of hydrogen-bond donors (Lipinski definition) is 2. The van der Waals surface area contributed by atoms with Gasteiger partial charge in [-0.2, -0.15) is 13.2 Å².